The van der Waals surface area contributed by atoms with Crippen LogP contribution in [0.4, 0.5) is 24.7 Å². The van der Waals surface area contributed by atoms with Crippen LogP contribution in [-0.2, 0) is 10.9 Å². The third-order valence-electron chi connectivity index (χ3n) is 3.52. The number of rotatable bonds is 5. The van der Waals surface area contributed by atoms with Crippen molar-refractivity contribution >= 4 is 11.5 Å². The summed E-state index contributed by atoms with van der Waals surface area (Å²) < 4.78 is 48.6. The number of aromatic nitrogens is 2. The SMILES string of the molecule is FC(F)(F)c1ccc(Nc2cccc(OCC3CCCO3)c2)nn1. The van der Waals surface area contributed by atoms with Crippen molar-refractivity contribution in [1.29, 1.82) is 0 Å². The largest absolute Gasteiger partial charge is 0.491 e. The summed E-state index contributed by atoms with van der Waals surface area (Å²) in [6, 6.07) is 9.21. The number of ether oxygens (including phenoxy) is 2. The van der Waals surface area contributed by atoms with Gasteiger partial charge in [0, 0.05) is 18.4 Å². The minimum Gasteiger partial charge on any atom is -0.491 e. The van der Waals surface area contributed by atoms with Gasteiger partial charge < -0.3 is 14.8 Å². The van der Waals surface area contributed by atoms with Gasteiger partial charge in [-0.3, -0.25) is 0 Å². The molecular formula is C16H16F3N3O2. The summed E-state index contributed by atoms with van der Waals surface area (Å²) in [6.45, 7) is 1.24. The van der Waals surface area contributed by atoms with E-state index < -0.39 is 11.9 Å². The van der Waals surface area contributed by atoms with Gasteiger partial charge in [0.05, 0.1) is 6.10 Å². The average molecular weight is 339 g/mol. The Balaban J connectivity index is 1.61. The van der Waals surface area contributed by atoms with E-state index in [0.717, 1.165) is 25.5 Å². The number of nitrogens with zero attached hydrogens (tertiary/aromatic N) is 2. The number of nitrogens with one attached hydrogen (secondary N) is 1. The van der Waals surface area contributed by atoms with Crippen LogP contribution in [0.3, 0.4) is 0 Å². The molecule has 24 heavy (non-hydrogen) atoms. The average Bonchev–Trinajstić information content (AvgIpc) is 3.06. The van der Waals surface area contributed by atoms with E-state index in [1.54, 1.807) is 24.3 Å². The van der Waals surface area contributed by atoms with Crippen molar-refractivity contribution in [2.75, 3.05) is 18.5 Å². The van der Waals surface area contributed by atoms with Crippen LogP contribution in [0.15, 0.2) is 36.4 Å². The minimum atomic E-state index is -4.50. The van der Waals surface area contributed by atoms with Crippen LogP contribution in [0, 0.1) is 0 Å². The Kier molecular flexibility index (Phi) is 4.84. The lowest BCUT2D eigenvalue weighted by molar-refractivity contribution is -0.141. The summed E-state index contributed by atoms with van der Waals surface area (Å²) >= 11 is 0. The first-order chi connectivity index (χ1) is 11.5. The van der Waals surface area contributed by atoms with E-state index >= 15 is 0 Å². The van der Waals surface area contributed by atoms with Gasteiger partial charge in [-0.15, -0.1) is 10.2 Å². The highest BCUT2D eigenvalue weighted by molar-refractivity contribution is 5.57. The van der Waals surface area contributed by atoms with Crippen molar-refractivity contribution in [1.82, 2.24) is 10.2 Å². The lowest BCUT2D eigenvalue weighted by Gasteiger charge is -2.13. The third kappa shape index (κ3) is 4.35. The predicted molar refractivity (Wildman–Crippen MR) is 81.2 cm³/mol. The van der Waals surface area contributed by atoms with E-state index in [0.29, 0.717) is 18.0 Å². The van der Waals surface area contributed by atoms with Gasteiger partial charge in [-0.05, 0) is 37.1 Å². The topological polar surface area (TPSA) is 56.3 Å². The molecule has 2 heterocycles. The second kappa shape index (κ2) is 7.04. The quantitative estimate of drug-likeness (QED) is 0.898. The highest BCUT2D eigenvalue weighted by atomic mass is 19.4. The number of hydrogen-bond acceptors (Lipinski definition) is 5. The van der Waals surface area contributed by atoms with Crippen molar-refractivity contribution in [3.63, 3.8) is 0 Å². The van der Waals surface area contributed by atoms with Gasteiger partial charge >= 0.3 is 6.18 Å². The molecule has 0 aliphatic carbocycles. The molecule has 1 atom stereocenters. The van der Waals surface area contributed by atoms with Crippen LogP contribution in [0.5, 0.6) is 5.75 Å². The first kappa shape index (κ1) is 16.5. The summed E-state index contributed by atoms with van der Waals surface area (Å²) in [4.78, 5) is 0. The standard InChI is InChI=1S/C16H16F3N3O2/c17-16(18,19)14-6-7-15(22-21-14)20-11-3-1-4-12(9-11)24-10-13-5-2-8-23-13/h1,3-4,6-7,9,13H,2,5,8,10H2,(H,20,22). The molecule has 0 amide bonds. The molecule has 128 valence electrons. The van der Waals surface area contributed by atoms with Crippen LogP contribution in [0.1, 0.15) is 18.5 Å². The molecule has 0 saturated carbocycles. The lowest BCUT2D eigenvalue weighted by atomic mass is 10.2. The summed E-state index contributed by atoms with van der Waals surface area (Å²) in [6.07, 6.45) is -2.36. The fraction of sp³-hybridized carbons (Fsp3) is 0.375. The van der Waals surface area contributed by atoms with Crippen molar-refractivity contribution in [3.05, 3.63) is 42.1 Å². The van der Waals surface area contributed by atoms with Gasteiger partial charge in [0.15, 0.2) is 11.5 Å². The number of halogens is 3. The Bertz CT molecular complexity index is 671. The van der Waals surface area contributed by atoms with E-state index in [4.69, 9.17) is 9.47 Å². The number of anilines is 2. The van der Waals surface area contributed by atoms with Gasteiger partial charge in [0.25, 0.3) is 0 Å². The third-order valence-corrected chi connectivity index (χ3v) is 3.52. The molecule has 1 aromatic carbocycles. The molecule has 1 unspecified atom stereocenters. The molecule has 0 radical (unpaired) electrons. The smallest absolute Gasteiger partial charge is 0.435 e. The van der Waals surface area contributed by atoms with E-state index in [9.17, 15) is 13.2 Å². The highest BCUT2D eigenvalue weighted by Crippen LogP contribution is 2.28. The normalized spacial score (nSPS) is 17.7. The zero-order valence-electron chi connectivity index (χ0n) is 12.7. The van der Waals surface area contributed by atoms with Crippen LogP contribution in [0.25, 0.3) is 0 Å². The Morgan fingerprint density at radius 3 is 2.75 bits per heavy atom. The second-order valence-corrected chi connectivity index (χ2v) is 5.40. The highest BCUT2D eigenvalue weighted by Gasteiger charge is 2.32. The first-order valence-electron chi connectivity index (χ1n) is 7.53. The van der Waals surface area contributed by atoms with Crippen molar-refractivity contribution in [2.45, 2.75) is 25.1 Å². The minimum absolute atomic E-state index is 0.113. The Labute approximate surface area is 136 Å². The molecule has 3 rings (SSSR count). The summed E-state index contributed by atoms with van der Waals surface area (Å²) in [5.74, 6) is 0.870. The van der Waals surface area contributed by atoms with Crippen molar-refractivity contribution < 1.29 is 22.6 Å². The molecule has 2 aromatic rings. The van der Waals surface area contributed by atoms with Gasteiger partial charge in [0.2, 0.25) is 0 Å². The Hall–Kier alpha value is -2.35. The van der Waals surface area contributed by atoms with Gasteiger partial charge in [0.1, 0.15) is 12.4 Å². The maximum Gasteiger partial charge on any atom is 0.435 e. The fourth-order valence-corrected chi connectivity index (χ4v) is 2.33. The molecule has 1 saturated heterocycles. The van der Waals surface area contributed by atoms with E-state index in [-0.39, 0.29) is 11.9 Å². The molecule has 0 spiro atoms. The van der Waals surface area contributed by atoms with E-state index in [1.165, 1.54) is 6.07 Å². The predicted octanol–water partition coefficient (Wildman–Crippen LogP) is 3.80. The maximum atomic E-state index is 12.5. The molecule has 5 nitrogen and oxygen atoms in total. The van der Waals surface area contributed by atoms with Crippen LogP contribution in [0.2, 0.25) is 0 Å². The zero-order valence-corrected chi connectivity index (χ0v) is 12.7. The zero-order chi connectivity index (χ0) is 17.0. The first-order valence-corrected chi connectivity index (χ1v) is 7.53. The fourth-order valence-electron chi connectivity index (χ4n) is 2.33. The van der Waals surface area contributed by atoms with Gasteiger partial charge in [-0.2, -0.15) is 13.2 Å². The molecular weight excluding hydrogens is 323 g/mol. The number of benzene rings is 1. The van der Waals surface area contributed by atoms with Gasteiger partial charge in [-0.1, -0.05) is 6.07 Å². The van der Waals surface area contributed by atoms with Crippen molar-refractivity contribution in [2.24, 2.45) is 0 Å². The summed E-state index contributed by atoms with van der Waals surface area (Å²) in [7, 11) is 0. The molecule has 8 heteroatoms. The number of alkyl halides is 3. The monoisotopic (exact) mass is 339 g/mol. The molecule has 1 aliphatic rings. The van der Waals surface area contributed by atoms with Gasteiger partial charge in [-0.25, -0.2) is 0 Å². The Morgan fingerprint density at radius 1 is 1.21 bits per heavy atom. The van der Waals surface area contributed by atoms with E-state index in [2.05, 4.69) is 15.5 Å². The summed E-state index contributed by atoms with van der Waals surface area (Å²) in [5.41, 5.74) is -0.379. The maximum absolute atomic E-state index is 12.5. The Morgan fingerprint density at radius 2 is 2.08 bits per heavy atom. The summed E-state index contributed by atoms with van der Waals surface area (Å²) in [5, 5.41) is 9.61. The van der Waals surface area contributed by atoms with Crippen LogP contribution in [-0.4, -0.2) is 29.5 Å². The van der Waals surface area contributed by atoms with Crippen LogP contribution < -0.4 is 10.1 Å². The van der Waals surface area contributed by atoms with Crippen molar-refractivity contribution in [3.8, 4) is 5.75 Å². The molecule has 1 fully saturated rings. The molecule has 0 bridgehead atoms. The lowest BCUT2D eigenvalue weighted by Crippen LogP contribution is -2.16. The molecule has 1 N–H and O–H groups in total. The molecule has 1 aliphatic heterocycles. The second-order valence-electron chi connectivity index (χ2n) is 5.40. The number of hydrogen-bond donors (Lipinski definition) is 1. The molecule has 1 aromatic heterocycles. The van der Waals surface area contributed by atoms with Crippen LogP contribution >= 0.6 is 0 Å². The van der Waals surface area contributed by atoms with E-state index in [1.807, 2.05) is 0 Å².